The Bertz CT molecular complexity index is 3110. The van der Waals surface area contributed by atoms with E-state index in [-0.39, 0.29) is 0 Å². The quantitative estimate of drug-likeness (QED) is 0.145. The van der Waals surface area contributed by atoms with Crippen molar-refractivity contribution < 1.29 is 0 Å². The van der Waals surface area contributed by atoms with Gasteiger partial charge in [-0.15, -0.1) is 0 Å². The molecular weight excluding hydrogens is 797 g/mol. The lowest BCUT2D eigenvalue weighted by Gasteiger charge is -2.18. The Hall–Kier alpha value is -7.94. The third-order valence-corrected chi connectivity index (χ3v) is 12.6. The molecular formula is C64H52N2. The zero-order valence-electron chi connectivity index (χ0n) is 38.5. The van der Waals surface area contributed by atoms with E-state index in [2.05, 4.69) is 236 Å². The van der Waals surface area contributed by atoms with Gasteiger partial charge in [-0.05, 0) is 120 Å². The van der Waals surface area contributed by atoms with E-state index in [0.29, 0.717) is 0 Å². The molecule has 0 aliphatic heterocycles. The lowest BCUT2D eigenvalue weighted by Crippen LogP contribution is -1.93. The van der Waals surface area contributed by atoms with Gasteiger partial charge in [0.05, 0.1) is 11.4 Å². The van der Waals surface area contributed by atoms with Gasteiger partial charge in [0.25, 0.3) is 0 Å². The first-order valence-electron chi connectivity index (χ1n) is 22.8. The van der Waals surface area contributed by atoms with E-state index in [9.17, 15) is 0 Å². The molecule has 0 radical (unpaired) electrons. The van der Waals surface area contributed by atoms with E-state index >= 15 is 0 Å². The second kappa shape index (κ2) is 17.9. The zero-order chi connectivity index (χ0) is 45.3. The van der Waals surface area contributed by atoms with Gasteiger partial charge in [-0.25, -0.2) is 0 Å². The topological polar surface area (TPSA) is 25.8 Å². The fraction of sp³-hybridized carbons (Fsp3) is 0.0938. The molecule has 0 saturated carbocycles. The van der Waals surface area contributed by atoms with Crippen molar-refractivity contribution in [2.24, 2.45) is 0 Å². The molecule has 2 nitrogen and oxygen atoms in total. The summed E-state index contributed by atoms with van der Waals surface area (Å²) in [6.45, 7) is 13.0. The molecule has 0 unspecified atom stereocenters. The van der Waals surface area contributed by atoms with Crippen LogP contribution in [-0.4, -0.2) is 9.97 Å². The van der Waals surface area contributed by atoms with E-state index in [1.165, 1.54) is 89.0 Å². The number of aryl methyl sites for hydroxylation is 6. The molecule has 318 valence electrons. The minimum Gasteiger partial charge on any atom is -0.256 e. The Morgan fingerprint density at radius 1 is 0.227 bits per heavy atom. The normalized spacial score (nSPS) is 11.2. The third kappa shape index (κ3) is 8.66. The Kier molecular flexibility index (Phi) is 11.4. The lowest BCUT2D eigenvalue weighted by molar-refractivity contribution is 1.32. The van der Waals surface area contributed by atoms with Gasteiger partial charge in [-0.1, -0.05) is 215 Å². The molecule has 10 rings (SSSR count). The first-order valence-corrected chi connectivity index (χ1v) is 22.8. The van der Waals surface area contributed by atoms with Crippen LogP contribution in [-0.2, 0) is 0 Å². The van der Waals surface area contributed by atoms with Crippen LogP contribution < -0.4 is 0 Å². The minimum absolute atomic E-state index is 0.948. The zero-order valence-corrected chi connectivity index (χ0v) is 38.5. The van der Waals surface area contributed by atoms with E-state index < -0.39 is 0 Å². The molecule has 0 aliphatic carbocycles. The fourth-order valence-corrected chi connectivity index (χ4v) is 9.79. The highest BCUT2D eigenvalue weighted by atomic mass is 14.7. The average molecular weight is 849 g/mol. The maximum absolute atomic E-state index is 5.00. The van der Waals surface area contributed by atoms with Crippen LogP contribution in [0.5, 0.6) is 0 Å². The van der Waals surface area contributed by atoms with Gasteiger partial charge >= 0.3 is 0 Å². The van der Waals surface area contributed by atoms with Crippen LogP contribution in [0.4, 0.5) is 0 Å². The van der Waals surface area contributed by atoms with Crippen LogP contribution in [0.15, 0.2) is 207 Å². The van der Waals surface area contributed by atoms with Crippen molar-refractivity contribution in [2.75, 3.05) is 0 Å². The van der Waals surface area contributed by atoms with Crippen molar-refractivity contribution >= 4 is 0 Å². The summed E-state index contributed by atoms with van der Waals surface area (Å²) in [5.74, 6) is 0. The maximum Gasteiger partial charge on any atom is 0.0702 e. The first-order chi connectivity index (χ1) is 32.1. The average Bonchev–Trinajstić information content (AvgIpc) is 3.33. The number of hydrogen-bond donors (Lipinski definition) is 0. The second-order valence-corrected chi connectivity index (χ2v) is 18.0. The number of pyridine rings is 2. The number of benzene rings is 8. The number of aromatic nitrogens is 2. The Morgan fingerprint density at radius 2 is 0.515 bits per heavy atom. The highest BCUT2D eigenvalue weighted by molar-refractivity contribution is 5.95. The molecule has 2 aromatic heterocycles. The molecule has 66 heavy (non-hydrogen) atoms. The van der Waals surface area contributed by atoms with Gasteiger partial charge in [-0.2, -0.15) is 0 Å². The molecule has 0 atom stereocenters. The summed E-state index contributed by atoms with van der Waals surface area (Å²) in [5.41, 5.74) is 28.2. The third-order valence-electron chi connectivity index (χ3n) is 12.6. The molecule has 0 fully saturated rings. The molecule has 0 bridgehead atoms. The van der Waals surface area contributed by atoms with Crippen molar-refractivity contribution in [3.05, 3.63) is 240 Å². The summed E-state index contributed by atoms with van der Waals surface area (Å²) < 4.78 is 0. The van der Waals surface area contributed by atoms with Gasteiger partial charge < -0.3 is 0 Å². The maximum atomic E-state index is 5.00. The van der Waals surface area contributed by atoms with Crippen molar-refractivity contribution in [1.29, 1.82) is 0 Å². The summed E-state index contributed by atoms with van der Waals surface area (Å²) in [5, 5.41) is 0. The van der Waals surface area contributed by atoms with E-state index in [0.717, 1.165) is 44.8 Å². The van der Waals surface area contributed by atoms with Gasteiger partial charge in [-0.3, -0.25) is 9.97 Å². The van der Waals surface area contributed by atoms with Crippen molar-refractivity contribution in [3.8, 4) is 100 Å². The SMILES string of the molecule is Cc1cc(C)cc(-c2ccccc2-c2ccc(-c3ccc(-c4cccc(-c5ccc(-c6ccc(-c7ccccc7-c7cc(C)cc(C)c7)cn6)cc5)c4-c4cc(C)cc(C)c4)cc3)nc2)c1. The smallest absolute Gasteiger partial charge is 0.0702 e. The van der Waals surface area contributed by atoms with Crippen LogP contribution in [0, 0.1) is 41.5 Å². The van der Waals surface area contributed by atoms with Crippen LogP contribution in [0.3, 0.4) is 0 Å². The second-order valence-electron chi connectivity index (χ2n) is 18.0. The molecule has 2 heterocycles. The van der Waals surface area contributed by atoms with Crippen molar-refractivity contribution in [2.45, 2.75) is 41.5 Å². The van der Waals surface area contributed by atoms with Crippen LogP contribution >= 0.6 is 0 Å². The minimum atomic E-state index is 0.948. The number of nitrogens with zero attached hydrogens (tertiary/aromatic N) is 2. The standard InChI is InChI=1S/C64H52N2/c1-41-30-42(2)34-53(33-41)58-14-9-7-12-56(58)51-26-28-62(65-39-51)49-22-18-47(19-23-49)60-16-11-17-61(64(60)55-37-45(5)32-46(6)38-55)48-20-24-50(25-21-48)63-29-27-52(40-66-63)57-13-8-10-15-59(57)54-35-43(3)31-44(4)36-54/h7-40H,1-6H3. The van der Waals surface area contributed by atoms with Gasteiger partial charge in [0.1, 0.15) is 0 Å². The Morgan fingerprint density at radius 3 is 0.848 bits per heavy atom. The molecule has 0 spiro atoms. The summed E-state index contributed by atoms with van der Waals surface area (Å²) >= 11 is 0. The van der Waals surface area contributed by atoms with Crippen LogP contribution in [0.1, 0.15) is 33.4 Å². The monoisotopic (exact) mass is 848 g/mol. The first kappa shape index (κ1) is 42.0. The lowest BCUT2D eigenvalue weighted by atomic mass is 9.86. The molecule has 0 N–H and O–H groups in total. The highest BCUT2D eigenvalue weighted by Gasteiger charge is 2.17. The number of hydrogen-bond acceptors (Lipinski definition) is 2. The summed E-state index contributed by atoms with van der Waals surface area (Å²) in [7, 11) is 0. The van der Waals surface area contributed by atoms with Crippen LogP contribution in [0.25, 0.3) is 100 Å². The van der Waals surface area contributed by atoms with Crippen molar-refractivity contribution in [3.63, 3.8) is 0 Å². The van der Waals surface area contributed by atoms with E-state index in [1.807, 2.05) is 12.4 Å². The molecule has 0 saturated heterocycles. The molecule has 10 aromatic rings. The molecule has 2 heteroatoms. The summed E-state index contributed by atoms with van der Waals surface area (Å²) in [6, 6.07) is 70.8. The Balaban J connectivity index is 0.947. The molecule has 0 aliphatic rings. The summed E-state index contributed by atoms with van der Waals surface area (Å²) in [6.07, 6.45) is 4.02. The van der Waals surface area contributed by atoms with E-state index in [1.54, 1.807) is 0 Å². The highest BCUT2D eigenvalue weighted by Crippen LogP contribution is 2.42. The van der Waals surface area contributed by atoms with Crippen LogP contribution in [0.2, 0.25) is 0 Å². The number of rotatable bonds is 9. The predicted molar refractivity (Wildman–Crippen MR) is 279 cm³/mol. The predicted octanol–water partition coefficient (Wildman–Crippen LogP) is 17.3. The fourth-order valence-electron chi connectivity index (χ4n) is 9.79. The summed E-state index contributed by atoms with van der Waals surface area (Å²) in [4.78, 5) is 10.00. The van der Waals surface area contributed by atoms with Gasteiger partial charge in [0, 0.05) is 34.6 Å². The Labute approximate surface area is 390 Å². The van der Waals surface area contributed by atoms with Gasteiger partial charge in [0.2, 0.25) is 0 Å². The largest absolute Gasteiger partial charge is 0.256 e. The molecule has 0 amide bonds. The molecule has 8 aromatic carbocycles. The van der Waals surface area contributed by atoms with Gasteiger partial charge in [0.15, 0.2) is 0 Å². The van der Waals surface area contributed by atoms with E-state index in [4.69, 9.17) is 9.97 Å². The van der Waals surface area contributed by atoms with Crippen molar-refractivity contribution in [1.82, 2.24) is 9.97 Å².